The van der Waals surface area contributed by atoms with Crippen LogP contribution in [0.1, 0.15) is 19.5 Å². The molecule has 5 nitrogen and oxygen atoms in total. The number of hydrogen-bond acceptors (Lipinski definition) is 4. The second kappa shape index (κ2) is 5.25. The van der Waals surface area contributed by atoms with Crippen molar-refractivity contribution >= 4 is 5.82 Å². The first-order valence-corrected chi connectivity index (χ1v) is 5.25. The lowest BCUT2D eigenvalue weighted by atomic mass is 10.2. The van der Waals surface area contributed by atoms with Crippen molar-refractivity contribution in [2.24, 2.45) is 7.05 Å². The number of nitrogens with two attached hydrogens (primary N) is 1. The highest BCUT2D eigenvalue weighted by Gasteiger charge is 2.04. The van der Waals surface area contributed by atoms with Crippen LogP contribution in [-0.4, -0.2) is 19.7 Å². The third-order valence-electron chi connectivity index (χ3n) is 1.99. The SMILES string of the molecule is CC.Cc1nc(-c2cnn(C)c2)cnc1N. The van der Waals surface area contributed by atoms with Crippen LogP contribution in [0.5, 0.6) is 0 Å². The number of hydrogen-bond donors (Lipinski definition) is 1. The Hall–Kier alpha value is -1.91. The summed E-state index contributed by atoms with van der Waals surface area (Å²) in [4.78, 5) is 8.36. The van der Waals surface area contributed by atoms with Crippen molar-refractivity contribution in [1.29, 1.82) is 0 Å². The molecule has 0 spiro atoms. The topological polar surface area (TPSA) is 69.6 Å². The Morgan fingerprint density at radius 3 is 2.44 bits per heavy atom. The van der Waals surface area contributed by atoms with Crippen LogP contribution in [-0.2, 0) is 7.05 Å². The van der Waals surface area contributed by atoms with Crippen molar-refractivity contribution in [1.82, 2.24) is 19.7 Å². The minimum absolute atomic E-state index is 0.470. The van der Waals surface area contributed by atoms with E-state index in [1.54, 1.807) is 17.1 Å². The molecule has 0 aliphatic rings. The van der Waals surface area contributed by atoms with Crippen LogP contribution in [0.2, 0.25) is 0 Å². The molecule has 0 aliphatic heterocycles. The molecule has 0 saturated carbocycles. The Labute approximate surface area is 95.3 Å². The van der Waals surface area contributed by atoms with Gasteiger partial charge < -0.3 is 5.73 Å². The van der Waals surface area contributed by atoms with Crippen LogP contribution >= 0.6 is 0 Å². The predicted molar refractivity (Wildman–Crippen MR) is 64.7 cm³/mol. The molecule has 2 aromatic heterocycles. The van der Waals surface area contributed by atoms with E-state index in [0.29, 0.717) is 5.82 Å². The number of aromatic nitrogens is 4. The minimum Gasteiger partial charge on any atom is -0.382 e. The molecule has 0 aromatic carbocycles. The first-order chi connectivity index (χ1) is 7.66. The average Bonchev–Trinajstić information content (AvgIpc) is 2.72. The van der Waals surface area contributed by atoms with Gasteiger partial charge in [0.25, 0.3) is 0 Å². The van der Waals surface area contributed by atoms with Crippen LogP contribution in [0.25, 0.3) is 11.3 Å². The van der Waals surface area contributed by atoms with Gasteiger partial charge in [0.1, 0.15) is 5.82 Å². The smallest absolute Gasteiger partial charge is 0.144 e. The van der Waals surface area contributed by atoms with Crippen molar-refractivity contribution in [2.75, 3.05) is 5.73 Å². The van der Waals surface area contributed by atoms with Gasteiger partial charge in [0, 0.05) is 18.8 Å². The molecule has 2 heterocycles. The molecule has 0 unspecified atom stereocenters. The van der Waals surface area contributed by atoms with Gasteiger partial charge in [-0.2, -0.15) is 5.10 Å². The fourth-order valence-corrected chi connectivity index (χ4v) is 1.18. The molecule has 2 aromatic rings. The van der Waals surface area contributed by atoms with E-state index in [2.05, 4.69) is 15.1 Å². The lowest BCUT2D eigenvalue weighted by Crippen LogP contribution is -1.97. The van der Waals surface area contributed by atoms with E-state index >= 15 is 0 Å². The zero-order valence-electron chi connectivity index (χ0n) is 10.1. The van der Waals surface area contributed by atoms with E-state index in [1.807, 2.05) is 34.0 Å². The summed E-state index contributed by atoms with van der Waals surface area (Å²) in [5.74, 6) is 0.470. The van der Waals surface area contributed by atoms with Gasteiger partial charge in [-0.1, -0.05) is 13.8 Å². The van der Waals surface area contributed by atoms with E-state index in [4.69, 9.17) is 5.73 Å². The Kier molecular flexibility index (Phi) is 3.99. The van der Waals surface area contributed by atoms with E-state index < -0.39 is 0 Å². The normalized spacial score (nSPS) is 9.50. The second-order valence-electron chi connectivity index (χ2n) is 3.13. The molecule has 0 amide bonds. The van der Waals surface area contributed by atoms with Crippen molar-refractivity contribution < 1.29 is 0 Å². The summed E-state index contributed by atoms with van der Waals surface area (Å²) >= 11 is 0. The highest BCUT2D eigenvalue weighted by atomic mass is 15.2. The zero-order chi connectivity index (χ0) is 12.1. The van der Waals surface area contributed by atoms with Crippen molar-refractivity contribution in [3.8, 4) is 11.3 Å². The maximum Gasteiger partial charge on any atom is 0.144 e. The molecule has 0 bridgehead atoms. The monoisotopic (exact) mass is 219 g/mol. The summed E-state index contributed by atoms with van der Waals surface area (Å²) in [7, 11) is 1.86. The molecule has 0 atom stereocenters. The van der Waals surface area contributed by atoms with Gasteiger partial charge in [0.2, 0.25) is 0 Å². The number of anilines is 1. The molecule has 16 heavy (non-hydrogen) atoms. The van der Waals surface area contributed by atoms with E-state index in [-0.39, 0.29) is 0 Å². The third kappa shape index (κ3) is 2.56. The summed E-state index contributed by atoms with van der Waals surface area (Å²) in [5.41, 5.74) is 8.06. The molecule has 5 heteroatoms. The Balaban J connectivity index is 0.000000606. The molecule has 2 rings (SSSR count). The van der Waals surface area contributed by atoms with Gasteiger partial charge in [-0.3, -0.25) is 4.68 Å². The molecule has 86 valence electrons. The summed E-state index contributed by atoms with van der Waals surface area (Å²) in [6, 6.07) is 0. The number of aryl methyl sites for hydroxylation is 2. The van der Waals surface area contributed by atoms with Crippen molar-refractivity contribution in [2.45, 2.75) is 20.8 Å². The van der Waals surface area contributed by atoms with E-state index in [9.17, 15) is 0 Å². The lowest BCUT2D eigenvalue weighted by Gasteiger charge is -2.00. The summed E-state index contributed by atoms with van der Waals surface area (Å²) in [6.07, 6.45) is 5.29. The largest absolute Gasteiger partial charge is 0.382 e. The average molecular weight is 219 g/mol. The van der Waals surface area contributed by atoms with Crippen LogP contribution in [0.3, 0.4) is 0 Å². The van der Waals surface area contributed by atoms with Gasteiger partial charge in [-0.05, 0) is 6.92 Å². The zero-order valence-corrected chi connectivity index (χ0v) is 10.1. The maximum absolute atomic E-state index is 5.58. The molecular weight excluding hydrogens is 202 g/mol. The lowest BCUT2D eigenvalue weighted by molar-refractivity contribution is 0.768. The van der Waals surface area contributed by atoms with Gasteiger partial charge in [0.15, 0.2) is 0 Å². The fraction of sp³-hybridized carbons (Fsp3) is 0.364. The molecular formula is C11H17N5. The summed E-state index contributed by atoms with van der Waals surface area (Å²) in [6.45, 7) is 5.84. The minimum atomic E-state index is 0.470. The molecule has 0 saturated heterocycles. The highest BCUT2D eigenvalue weighted by molar-refractivity contribution is 5.57. The molecule has 0 aliphatic carbocycles. The first kappa shape index (κ1) is 12.2. The van der Waals surface area contributed by atoms with Crippen LogP contribution < -0.4 is 5.73 Å². The van der Waals surface area contributed by atoms with Crippen molar-refractivity contribution in [3.63, 3.8) is 0 Å². The maximum atomic E-state index is 5.58. The Bertz CT molecular complexity index is 461. The van der Waals surface area contributed by atoms with Gasteiger partial charge in [-0.25, -0.2) is 9.97 Å². The van der Waals surface area contributed by atoms with E-state index in [1.165, 1.54) is 0 Å². The number of rotatable bonds is 1. The molecule has 0 radical (unpaired) electrons. The predicted octanol–water partition coefficient (Wildman–Crippen LogP) is 1.79. The first-order valence-electron chi connectivity index (χ1n) is 5.25. The summed E-state index contributed by atoms with van der Waals surface area (Å²) in [5, 5.41) is 4.06. The second-order valence-corrected chi connectivity index (χ2v) is 3.13. The Morgan fingerprint density at radius 2 is 1.94 bits per heavy atom. The molecule has 2 N–H and O–H groups in total. The third-order valence-corrected chi connectivity index (χ3v) is 1.99. The fourth-order valence-electron chi connectivity index (χ4n) is 1.18. The van der Waals surface area contributed by atoms with Gasteiger partial charge in [-0.15, -0.1) is 0 Å². The Morgan fingerprint density at radius 1 is 1.25 bits per heavy atom. The number of nitrogens with zero attached hydrogens (tertiary/aromatic N) is 4. The van der Waals surface area contributed by atoms with E-state index in [0.717, 1.165) is 17.0 Å². The van der Waals surface area contributed by atoms with Crippen LogP contribution in [0.4, 0.5) is 5.82 Å². The van der Waals surface area contributed by atoms with Crippen molar-refractivity contribution in [3.05, 3.63) is 24.3 Å². The van der Waals surface area contributed by atoms with Gasteiger partial charge in [0.05, 0.1) is 23.8 Å². The number of nitrogen functional groups attached to an aromatic ring is 1. The van der Waals surface area contributed by atoms with Crippen LogP contribution in [0.15, 0.2) is 18.6 Å². The quantitative estimate of drug-likeness (QED) is 0.794. The highest BCUT2D eigenvalue weighted by Crippen LogP contribution is 2.16. The standard InChI is InChI=1S/C9H11N5.C2H6/c1-6-9(10)11-4-8(13-6)7-3-12-14(2)5-7;1-2/h3-5H,1-2H3,(H2,10,11);1-2H3. The van der Waals surface area contributed by atoms with Gasteiger partial charge >= 0.3 is 0 Å². The van der Waals surface area contributed by atoms with Crippen LogP contribution in [0, 0.1) is 6.92 Å². The molecule has 0 fully saturated rings. The summed E-state index contributed by atoms with van der Waals surface area (Å²) < 4.78 is 1.72.